The molecule has 0 aliphatic rings. The zero-order chi connectivity index (χ0) is 12.0. The molecule has 0 bridgehead atoms. The van der Waals surface area contributed by atoms with Crippen molar-refractivity contribution < 1.29 is 0 Å². The minimum absolute atomic E-state index is 0.647. The van der Waals surface area contributed by atoms with Crippen LogP contribution in [0.25, 0.3) is 0 Å². The van der Waals surface area contributed by atoms with Crippen LogP contribution in [0, 0.1) is 19.8 Å². The number of benzene rings is 1. The largest absolute Gasteiger partial charge is 0.0630 e. The number of hydrogen-bond donors (Lipinski definition) is 0. The van der Waals surface area contributed by atoms with Crippen LogP contribution in [-0.4, -0.2) is 0 Å². The fourth-order valence-electron chi connectivity index (χ4n) is 1.12. The Morgan fingerprint density at radius 3 is 1.60 bits per heavy atom. The minimum Gasteiger partial charge on any atom is -0.0630 e. The minimum atomic E-state index is 0.647. The van der Waals surface area contributed by atoms with Crippen molar-refractivity contribution in [3.05, 3.63) is 34.9 Å². The van der Waals surface area contributed by atoms with Gasteiger partial charge in [0.05, 0.1) is 0 Å². The molecule has 0 nitrogen and oxygen atoms in total. The maximum Gasteiger partial charge on any atom is -0.0219 e. The summed E-state index contributed by atoms with van der Waals surface area (Å²) >= 11 is 0. The predicted molar refractivity (Wildman–Crippen MR) is 70.5 cm³/mol. The molecular weight excluding hydrogens is 180 g/mol. The van der Waals surface area contributed by atoms with Gasteiger partial charge >= 0.3 is 0 Å². The smallest absolute Gasteiger partial charge is 0.0219 e. The van der Waals surface area contributed by atoms with Crippen LogP contribution < -0.4 is 0 Å². The Kier molecular flexibility index (Phi) is 6.31. The van der Waals surface area contributed by atoms with Crippen molar-refractivity contribution in [2.75, 3.05) is 0 Å². The van der Waals surface area contributed by atoms with Gasteiger partial charge in [0.15, 0.2) is 0 Å². The normalized spacial score (nSPS) is 10.2. The molecule has 0 aromatic heterocycles. The van der Waals surface area contributed by atoms with Gasteiger partial charge in [-0.05, 0) is 42.4 Å². The van der Waals surface area contributed by atoms with E-state index in [1.165, 1.54) is 16.7 Å². The molecule has 1 aromatic rings. The zero-order valence-electron chi connectivity index (χ0n) is 11.4. The maximum atomic E-state index is 2.28. The average Bonchev–Trinajstić information content (AvgIpc) is 2.08. The second kappa shape index (κ2) is 6.66. The Labute approximate surface area is 95.7 Å². The van der Waals surface area contributed by atoms with Gasteiger partial charge in [-0.15, -0.1) is 0 Å². The Morgan fingerprint density at radius 2 is 1.27 bits per heavy atom. The lowest BCUT2D eigenvalue weighted by atomic mass is 9.99. The number of hydrogen-bond acceptors (Lipinski definition) is 0. The summed E-state index contributed by atoms with van der Waals surface area (Å²) in [6, 6.07) is 6.69. The van der Waals surface area contributed by atoms with E-state index in [1.54, 1.807) is 0 Å². The maximum absolute atomic E-state index is 2.28. The van der Waals surface area contributed by atoms with E-state index in [4.69, 9.17) is 0 Å². The van der Waals surface area contributed by atoms with Crippen LogP contribution in [0.4, 0.5) is 0 Å². The molecule has 0 radical (unpaired) electrons. The highest BCUT2D eigenvalue weighted by Gasteiger charge is 1.99. The third-order valence-electron chi connectivity index (χ3n) is 2.20. The summed E-state index contributed by atoms with van der Waals surface area (Å²) in [7, 11) is 0. The summed E-state index contributed by atoms with van der Waals surface area (Å²) in [5, 5.41) is 0. The van der Waals surface area contributed by atoms with Crippen molar-refractivity contribution in [1.29, 1.82) is 0 Å². The quantitative estimate of drug-likeness (QED) is 0.600. The van der Waals surface area contributed by atoms with Crippen LogP contribution in [0.1, 0.15) is 57.2 Å². The first-order valence-corrected chi connectivity index (χ1v) is 5.91. The van der Waals surface area contributed by atoms with Crippen LogP contribution in [0.15, 0.2) is 18.2 Å². The van der Waals surface area contributed by atoms with E-state index >= 15 is 0 Å². The van der Waals surface area contributed by atoms with E-state index in [-0.39, 0.29) is 0 Å². The van der Waals surface area contributed by atoms with E-state index in [9.17, 15) is 0 Å². The molecular formula is C15H26. The molecule has 0 aliphatic heterocycles. The van der Waals surface area contributed by atoms with Crippen molar-refractivity contribution in [2.45, 2.75) is 54.4 Å². The predicted octanol–water partition coefficient (Wildman–Crippen LogP) is 5.09. The monoisotopic (exact) mass is 206 g/mol. The Bertz CT molecular complexity index is 279. The van der Waals surface area contributed by atoms with Gasteiger partial charge in [-0.25, -0.2) is 0 Å². The van der Waals surface area contributed by atoms with Crippen molar-refractivity contribution >= 4 is 0 Å². The van der Waals surface area contributed by atoms with Crippen molar-refractivity contribution in [3.8, 4) is 0 Å². The van der Waals surface area contributed by atoms with Crippen LogP contribution in [0.5, 0.6) is 0 Å². The zero-order valence-corrected chi connectivity index (χ0v) is 11.4. The molecule has 0 fully saturated rings. The fourth-order valence-corrected chi connectivity index (χ4v) is 1.12. The molecule has 0 aliphatic carbocycles. The van der Waals surface area contributed by atoms with E-state index in [1.807, 2.05) is 0 Å². The topological polar surface area (TPSA) is 0 Å². The Balaban J connectivity index is 0.000000423. The van der Waals surface area contributed by atoms with Gasteiger partial charge < -0.3 is 0 Å². The van der Waals surface area contributed by atoms with Crippen LogP contribution in [0.2, 0.25) is 0 Å². The molecule has 0 unspecified atom stereocenters. The van der Waals surface area contributed by atoms with Crippen LogP contribution >= 0.6 is 0 Å². The van der Waals surface area contributed by atoms with Gasteiger partial charge in [-0.3, -0.25) is 0 Å². The lowest BCUT2D eigenvalue weighted by Gasteiger charge is -2.07. The first kappa shape index (κ1) is 14.2. The third kappa shape index (κ3) is 6.33. The molecule has 1 aromatic carbocycles. The van der Waals surface area contributed by atoms with Gasteiger partial charge in [0, 0.05) is 0 Å². The molecule has 0 spiro atoms. The van der Waals surface area contributed by atoms with Gasteiger partial charge in [0.1, 0.15) is 0 Å². The number of aryl methyl sites for hydroxylation is 2. The lowest BCUT2D eigenvalue weighted by Crippen LogP contribution is -1.89. The van der Waals surface area contributed by atoms with E-state index in [2.05, 4.69) is 66.7 Å². The second-order valence-electron chi connectivity index (χ2n) is 5.23. The van der Waals surface area contributed by atoms with Gasteiger partial charge in [0.25, 0.3) is 0 Å². The first-order chi connectivity index (χ1) is 6.84. The molecule has 0 saturated carbocycles. The molecule has 0 atom stereocenters. The summed E-state index contributed by atoms with van der Waals surface area (Å²) < 4.78 is 0. The molecule has 1 rings (SSSR count). The molecule has 0 N–H and O–H groups in total. The Hall–Kier alpha value is -0.780. The first-order valence-electron chi connectivity index (χ1n) is 5.91. The SMILES string of the molecule is CC(C)C.Cc1ccc(C(C)C)cc1C. The summed E-state index contributed by atoms with van der Waals surface area (Å²) in [6.07, 6.45) is 0. The summed E-state index contributed by atoms with van der Waals surface area (Å²) in [4.78, 5) is 0. The molecule has 0 heterocycles. The van der Waals surface area contributed by atoms with Crippen molar-refractivity contribution in [3.63, 3.8) is 0 Å². The molecule has 0 saturated heterocycles. The Morgan fingerprint density at radius 1 is 0.800 bits per heavy atom. The average molecular weight is 206 g/mol. The molecule has 0 heteroatoms. The van der Waals surface area contributed by atoms with Gasteiger partial charge in [-0.2, -0.15) is 0 Å². The van der Waals surface area contributed by atoms with Crippen LogP contribution in [-0.2, 0) is 0 Å². The standard InChI is InChI=1S/C11H16.C4H10/c1-8(2)11-6-5-9(3)10(4)7-11;1-4(2)3/h5-8H,1-4H3;4H,1-3H3. The fraction of sp³-hybridized carbons (Fsp3) is 0.600. The molecule has 15 heavy (non-hydrogen) atoms. The van der Waals surface area contributed by atoms with E-state index in [0.29, 0.717) is 5.92 Å². The molecule has 86 valence electrons. The third-order valence-corrected chi connectivity index (χ3v) is 2.20. The second-order valence-corrected chi connectivity index (χ2v) is 5.23. The lowest BCUT2D eigenvalue weighted by molar-refractivity contribution is 0.737. The number of rotatable bonds is 1. The van der Waals surface area contributed by atoms with Crippen LogP contribution in [0.3, 0.4) is 0 Å². The van der Waals surface area contributed by atoms with E-state index < -0.39 is 0 Å². The van der Waals surface area contributed by atoms with Crippen molar-refractivity contribution in [1.82, 2.24) is 0 Å². The van der Waals surface area contributed by atoms with Gasteiger partial charge in [-0.1, -0.05) is 52.8 Å². The van der Waals surface area contributed by atoms with E-state index in [0.717, 1.165) is 5.92 Å². The summed E-state index contributed by atoms with van der Waals surface area (Å²) in [5.41, 5.74) is 4.22. The van der Waals surface area contributed by atoms with Gasteiger partial charge in [0.2, 0.25) is 0 Å². The summed E-state index contributed by atoms with van der Waals surface area (Å²) in [6.45, 7) is 15.3. The molecule has 0 amide bonds. The van der Waals surface area contributed by atoms with Crippen molar-refractivity contribution in [2.24, 2.45) is 5.92 Å². The highest BCUT2D eigenvalue weighted by atomic mass is 14.0. The highest BCUT2D eigenvalue weighted by Crippen LogP contribution is 2.17. The summed E-state index contributed by atoms with van der Waals surface area (Å²) in [5.74, 6) is 1.48. The highest BCUT2D eigenvalue weighted by molar-refractivity contribution is 5.31.